The molecular weight excluding hydrogens is 426 g/mol. The number of thiazole rings is 1. The van der Waals surface area contributed by atoms with Gasteiger partial charge in [0.1, 0.15) is 0 Å². The highest BCUT2D eigenvalue weighted by molar-refractivity contribution is 7.22. The van der Waals surface area contributed by atoms with E-state index in [1.807, 2.05) is 47.4 Å². The van der Waals surface area contributed by atoms with Gasteiger partial charge < -0.3 is 4.90 Å². The van der Waals surface area contributed by atoms with Gasteiger partial charge >= 0.3 is 0 Å². The number of halogens is 1. The molecule has 0 saturated carbocycles. The van der Waals surface area contributed by atoms with Gasteiger partial charge in [0.05, 0.1) is 10.2 Å². The van der Waals surface area contributed by atoms with Crippen molar-refractivity contribution in [3.8, 4) is 0 Å². The van der Waals surface area contributed by atoms with Crippen molar-refractivity contribution in [3.05, 3.63) is 71.8 Å². The van der Waals surface area contributed by atoms with Crippen LogP contribution < -0.4 is 4.90 Å². The first kappa shape index (κ1) is 23.2. The summed E-state index contributed by atoms with van der Waals surface area (Å²) in [5.41, 5.74) is 2.97. The number of benzene rings is 3. The van der Waals surface area contributed by atoms with Crippen molar-refractivity contribution < 1.29 is 4.79 Å². The van der Waals surface area contributed by atoms with Crippen LogP contribution in [-0.2, 0) is 6.42 Å². The zero-order valence-corrected chi connectivity index (χ0v) is 19.8. The van der Waals surface area contributed by atoms with Crippen LogP contribution >= 0.6 is 23.7 Å². The van der Waals surface area contributed by atoms with E-state index < -0.39 is 0 Å². The standard InChI is InChI=1S/C25H27N3OS.ClH/c1-4-18-13-14-22-23(17-18)30-25(26-22)28(16-8-15-27(2)3)24(29)21-12-7-10-19-9-5-6-11-20(19)21;/h5-7,9-14,17H,4,8,15-16H2,1-3H3;1H. The van der Waals surface area contributed by atoms with Crippen molar-refractivity contribution in [3.63, 3.8) is 0 Å². The predicted molar refractivity (Wildman–Crippen MR) is 135 cm³/mol. The van der Waals surface area contributed by atoms with Crippen molar-refractivity contribution in [1.82, 2.24) is 9.88 Å². The highest BCUT2D eigenvalue weighted by Gasteiger charge is 2.22. The number of carbonyl (C=O) groups is 1. The largest absolute Gasteiger partial charge is 0.309 e. The van der Waals surface area contributed by atoms with Crippen LogP contribution in [0.3, 0.4) is 0 Å². The molecule has 0 spiro atoms. The molecule has 1 aromatic heterocycles. The smallest absolute Gasteiger partial charge is 0.260 e. The molecule has 4 rings (SSSR count). The third-order valence-electron chi connectivity index (χ3n) is 5.33. The molecule has 6 heteroatoms. The lowest BCUT2D eigenvalue weighted by molar-refractivity contribution is 0.0987. The number of fused-ring (bicyclic) bond motifs is 2. The molecule has 162 valence electrons. The number of aromatic nitrogens is 1. The Morgan fingerprint density at radius 2 is 1.77 bits per heavy atom. The zero-order valence-electron chi connectivity index (χ0n) is 18.2. The Labute approximate surface area is 193 Å². The first-order chi connectivity index (χ1) is 14.6. The van der Waals surface area contributed by atoms with E-state index in [2.05, 4.69) is 44.1 Å². The monoisotopic (exact) mass is 453 g/mol. The topological polar surface area (TPSA) is 36.4 Å². The maximum atomic E-state index is 13.7. The molecule has 0 N–H and O–H groups in total. The lowest BCUT2D eigenvalue weighted by Crippen LogP contribution is -2.33. The average molecular weight is 454 g/mol. The summed E-state index contributed by atoms with van der Waals surface area (Å²) >= 11 is 1.60. The summed E-state index contributed by atoms with van der Waals surface area (Å²) in [6.45, 7) is 3.71. The minimum Gasteiger partial charge on any atom is -0.309 e. The number of amides is 1. The lowest BCUT2D eigenvalue weighted by Gasteiger charge is -2.21. The Bertz CT molecular complexity index is 1180. The van der Waals surface area contributed by atoms with Gasteiger partial charge in [-0.05, 0) is 68.0 Å². The van der Waals surface area contributed by atoms with Gasteiger partial charge in [-0.15, -0.1) is 12.4 Å². The molecule has 0 atom stereocenters. The van der Waals surface area contributed by atoms with E-state index >= 15 is 0 Å². The molecule has 0 unspecified atom stereocenters. The average Bonchev–Trinajstić information content (AvgIpc) is 3.18. The molecule has 0 aliphatic rings. The predicted octanol–water partition coefficient (Wildman–Crippen LogP) is 6.03. The fraction of sp³-hybridized carbons (Fsp3) is 0.280. The van der Waals surface area contributed by atoms with Gasteiger partial charge in [-0.3, -0.25) is 9.69 Å². The van der Waals surface area contributed by atoms with Gasteiger partial charge in [0.25, 0.3) is 5.91 Å². The summed E-state index contributed by atoms with van der Waals surface area (Å²) in [5.74, 6) is 0.0142. The van der Waals surface area contributed by atoms with Gasteiger partial charge in [-0.25, -0.2) is 4.98 Å². The van der Waals surface area contributed by atoms with Crippen molar-refractivity contribution in [2.45, 2.75) is 19.8 Å². The Kier molecular flexibility index (Phi) is 7.65. The molecule has 3 aromatic carbocycles. The van der Waals surface area contributed by atoms with Crippen molar-refractivity contribution in [2.75, 3.05) is 32.1 Å². The zero-order chi connectivity index (χ0) is 21.1. The second-order valence-corrected chi connectivity index (χ2v) is 8.80. The molecule has 0 fully saturated rings. The number of hydrogen-bond acceptors (Lipinski definition) is 4. The van der Waals surface area contributed by atoms with Crippen molar-refractivity contribution in [1.29, 1.82) is 0 Å². The third kappa shape index (κ3) is 5.06. The highest BCUT2D eigenvalue weighted by atomic mass is 35.5. The summed E-state index contributed by atoms with van der Waals surface area (Å²) in [6.07, 6.45) is 1.88. The van der Waals surface area contributed by atoms with Crippen molar-refractivity contribution >= 4 is 55.8 Å². The normalized spacial score (nSPS) is 11.1. The highest BCUT2D eigenvalue weighted by Crippen LogP contribution is 2.31. The van der Waals surface area contributed by atoms with E-state index in [4.69, 9.17) is 4.98 Å². The van der Waals surface area contributed by atoms with E-state index in [9.17, 15) is 4.79 Å². The molecular formula is C25H28ClN3OS. The van der Waals surface area contributed by atoms with Gasteiger partial charge in [0.2, 0.25) is 0 Å². The van der Waals surface area contributed by atoms with Crippen LogP contribution in [0.25, 0.3) is 21.0 Å². The lowest BCUT2D eigenvalue weighted by atomic mass is 10.0. The molecule has 31 heavy (non-hydrogen) atoms. The molecule has 1 heterocycles. The van der Waals surface area contributed by atoms with Crippen LogP contribution in [0.5, 0.6) is 0 Å². The third-order valence-corrected chi connectivity index (χ3v) is 6.37. The molecule has 0 bridgehead atoms. The van der Waals surface area contributed by atoms with Crippen LogP contribution in [-0.4, -0.2) is 43.0 Å². The molecule has 0 radical (unpaired) electrons. The quantitative estimate of drug-likeness (QED) is 0.342. The van der Waals surface area contributed by atoms with Crippen LogP contribution in [0, 0.1) is 0 Å². The van der Waals surface area contributed by atoms with Crippen LogP contribution in [0.1, 0.15) is 29.3 Å². The van der Waals surface area contributed by atoms with Gasteiger partial charge in [0.15, 0.2) is 5.13 Å². The first-order valence-electron chi connectivity index (χ1n) is 10.4. The molecule has 0 aliphatic carbocycles. The second-order valence-electron chi connectivity index (χ2n) is 7.79. The first-order valence-corrected chi connectivity index (χ1v) is 11.2. The van der Waals surface area contributed by atoms with E-state index in [0.29, 0.717) is 6.54 Å². The minimum atomic E-state index is 0. The maximum Gasteiger partial charge on any atom is 0.260 e. The molecule has 1 amide bonds. The Morgan fingerprint density at radius 1 is 1.00 bits per heavy atom. The van der Waals surface area contributed by atoms with E-state index in [1.54, 1.807) is 11.3 Å². The fourth-order valence-electron chi connectivity index (χ4n) is 3.68. The van der Waals surface area contributed by atoms with Gasteiger partial charge in [-0.1, -0.05) is 60.7 Å². The number of rotatable bonds is 7. The fourth-order valence-corrected chi connectivity index (χ4v) is 4.73. The maximum absolute atomic E-state index is 13.7. The Balaban J connectivity index is 0.00000272. The molecule has 4 aromatic rings. The van der Waals surface area contributed by atoms with Crippen LogP contribution in [0.15, 0.2) is 60.7 Å². The number of hydrogen-bond donors (Lipinski definition) is 0. The minimum absolute atomic E-state index is 0. The number of nitrogens with zero attached hydrogens (tertiary/aromatic N) is 3. The Hall–Kier alpha value is -2.47. The van der Waals surface area contributed by atoms with Gasteiger partial charge in [0, 0.05) is 12.1 Å². The molecule has 0 aliphatic heterocycles. The molecule has 4 nitrogen and oxygen atoms in total. The summed E-state index contributed by atoms with van der Waals surface area (Å²) < 4.78 is 1.13. The SMILES string of the molecule is CCc1ccc2nc(N(CCCN(C)C)C(=O)c3cccc4ccccc34)sc2c1.Cl. The summed E-state index contributed by atoms with van der Waals surface area (Å²) in [7, 11) is 4.11. The second kappa shape index (κ2) is 10.2. The number of carbonyl (C=O) groups excluding carboxylic acids is 1. The summed E-state index contributed by atoms with van der Waals surface area (Å²) in [5, 5.41) is 2.83. The number of aryl methyl sites for hydroxylation is 1. The number of anilines is 1. The van der Waals surface area contributed by atoms with E-state index in [1.165, 1.54) is 5.56 Å². The van der Waals surface area contributed by atoms with E-state index in [0.717, 1.165) is 51.1 Å². The summed E-state index contributed by atoms with van der Waals surface area (Å²) in [4.78, 5) is 22.5. The van der Waals surface area contributed by atoms with E-state index in [-0.39, 0.29) is 18.3 Å². The van der Waals surface area contributed by atoms with Gasteiger partial charge in [-0.2, -0.15) is 0 Å². The Morgan fingerprint density at radius 3 is 2.55 bits per heavy atom. The van der Waals surface area contributed by atoms with Crippen LogP contribution in [0.4, 0.5) is 5.13 Å². The summed E-state index contributed by atoms with van der Waals surface area (Å²) in [6, 6.07) is 20.4. The van der Waals surface area contributed by atoms with Crippen LogP contribution in [0.2, 0.25) is 0 Å². The molecule has 0 saturated heterocycles. The van der Waals surface area contributed by atoms with Crippen molar-refractivity contribution in [2.24, 2.45) is 0 Å².